The van der Waals surface area contributed by atoms with Crippen molar-refractivity contribution in [1.82, 2.24) is 10.1 Å². The molecule has 1 amide bonds. The average Bonchev–Trinajstić information content (AvgIpc) is 3.19. The normalized spacial score (nSPS) is 14.6. The topological polar surface area (TPSA) is 114 Å². The van der Waals surface area contributed by atoms with Gasteiger partial charge in [0.25, 0.3) is 10.0 Å². The highest BCUT2D eigenvalue weighted by Crippen LogP contribution is 2.49. The summed E-state index contributed by atoms with van der Waals surface area (Å²) in [5.41, 5.74) is 0.294. The van der Waals surface area contributed by atoms with Crippen molar-refractivity contribution in [1.29, 1.82) is 0 Å². The molecule has 1 aliphatic carbocycles. The molecular formula is C22H17FN4O4S2. The summed E-state index contributed by atoms with van der Waals surface area (Å²) in [6.07, 6.45) is 2.65. The third-order valence-corrected chi connectivity index (χ3v) is 7.57. The van der Waals surface area contributed by atoms with Crippen molar-refractivity contribution >= 4 is 38.1 Å². The van der Waals surface area contributed by atoms with E-state index in [0.29, 0.717) is 24.2 Å². The second-order valence-corrected chi connectivity index (χ2v) is 10.1. The Labute approximate surface area is 192 Å². The van der Waals surface area contributed by atoms with Crippen LogP contribution in [0.15, 0.2) is 75.6 Å². The minimum atomic E-state index is -3.78. The molecule has 4 aromatic rings. The van der Waals surface area contributed by atoms with E-state index in [9.17, 15) is 17.6 Å². The maximum atomic E-state index is 14.0. The number of sulfonamides is 1. The minimum Gasteiger partial charge on any atom is -0.356 e. The Hall–Kier alpha value is -3.57. The molecule has 33 heavy (non-hydrogen) atoms. The second-order valence-electron chi connectivity index (χ2n) is 7.56. The Balaban J connectivity index is 1.30. The molecular weight excluding hydrogens is 467 g/mol. The van der Waals surface area contributed by atoms with Crippen molar-refractivity contribution in [3.05, 3.63) is 77.7 Å². The summed E-state index contributed by atoms with van der Waals surface area (Å²) in [5.74, 6) is -0.467. The van der Waals surface area contributed by atoms with Gasteiger partial charge in [-0.15, -0.1) is 11.3 Å². The third kappa shape index (κ3) is 4.12. The number of carbonyl (C=O) groups excluding carboxylic acids is 1. The summed E-state index contributed by atoms with van der Waals surface area (Å²) < 4.78 is 46.7. The maximum Gasteiger partial charge on any atom is 0.263 e. The van der Waals surface area contributed by atoms with Gasteiger partial charge in [0.05, 0.1) is 21.6 Å². The van der Waals surface area contributed by atoms with Crippen molar-refractivity contribution in [3.63, 3.8) is 0 Å². The van der Waals surface area contributed by atoms with Crippen LogP contribution in [0.4, 0.5) is 15.2 Å². The van der Waals surface area contributed by atoms with Gasteiger partial charge in [-0.05, 0) is 49.2 Å². The van der Waals surface area contributed by atoms with Crippen molar-refractivity contribution in [2.24, 2.45) is 0 Å². The standard InChI is InChI=1S/C22H17FN4O4S2/c23-17-4-2-1-3-16(17)18-13-19(26-31-18)22(9-10-22)20(28)25-14-5-7-15(8-6-14)33(29,30)27-21-24-11-12-32-21/h1-8,11-13H,9-10H2,(H,24,27)(H,25,28). The third-order valence-electron chi connectivity index (χ3n) is 5.40. The molecule has 0 atom stereocenters. The first-order valence-electron chi connectivity index (χ1n) is 9.93. The van der Waals surface area contributed by atoms with E-state index in [-0.39, 0.29) is 27.3 Å². The van der Waals surface area contributed by atoms with Crippen LogP contribution in [0.3, 0.4) is 0 Å². The molecule has 168 valence electrons. The predicted octanol–water partition coefficient (Wildman–Crippen LogP) is 4.41. The van der Waals surface area contributed by atoms with Crippen molar-refractivity contribution in [2.45, 2.75) is 23.2 Å². The molecule has 2 aromatic heterocycles. The predicted molar refractivity (Wildman–Crippen MR) is 121 cm³/mol. The first-order valence-corrected chi connectivity index (χ1v) is 12.3. The molecule has 5 rings (SSSR count). The molecule has 0 radical (unpaired) electrons. The zero-order valence-electron chi connectivity index (χ0n) is 17.0. The van der Waals surface area contributed by atoms with Crippen LogP contribution in [-0.4, -0.2) is 24.5 Å². The van der Waals surface area contributed by atoms with Crippen molar-refractivity contribution < 1.29 is 22.1 Å². The molecule has 0 unspecified atom stereocenters. The Morgan fingerprint density at radius 3 is 2.55 bits per heavy atom. The number of benzene rings is 2. The number of hydrogen-bond donors (Lipinski definition) is 2. The van der Waals surface area contributed by atoms with Crippen LogP contribution >= 0.6 is 11.3 Å². The summed E-state index contributed by atoms with van der Waals surface area (Å²) in [4.78, 5) is 17.0. The van der Waals surface area contributed by atoms with Crippen LogP contribution in [0.5, 0.6) is 0 Å². The Kier molecular flexibility index (Phi) is 5.22. The lowest BCUT2D eigenvalue weighted by Crippen LogP contribution is -2.28. The molecule has 1 saturated carbocycles. The van der Waals surface area contributed by atoms with Gasteiger partial charge in [0.1, 0.15) is 5.82 Å². The monoisotopic (exact) mass is 484 g/mol. The van der Waals surface area contributed by atoms with Crippen molar-refractivity contribution in [3.8, 4) is 11.3 Å². The SMILES string of the molecule is O=C(Nc1ccc(S(=O)(=O)Nc2nccs2)cc1)C1(c2cc(-c3ccccc3F)on2)CC1. The van der Waals surface area contributed by atoms with E-state index in [1.165, 1.54) is 47.9 Å². The van der Waals surface area contributed by atoms with E-state index < -0.39 is 21.3 Å². The van der Waals surface area contributed by atoms with E-state index in [0.717, 1.165) is 0 Å². The molecule has 1 aliphatic rings. The van der Waals surface area contributed by atoms with E-state index in [4.69, 9.17) is 4.52 Å². The van der Waals surface area contributed by atoms with Gasteiger partial charge in [-0.25, -0.2) is 17.8 Å². The number of halogens is 1. The number of aromatic nitrogens is 2. The number of amides is 1. The largest absolute Gasteiger partial charge is 0.356 e. The molecule has 8 nitrogen and oxygen atoms in total. The highest BCUT2D eigenvalue weighted by molar-refractivity contribution is 7.93. The Morgan fingerprint density at radius 2 is 1.88 bits per heavy atom. The lowest BCUT2D eigenvalue weighted by molar-refractivity contribution is -0.118. The van der Waals surface area contributed by atoms with E-state index in [1.807, 2.05) is 0 Å². The van der Waals surface area contributed by atoms with Gasteiger partial charge in [0.2, 0.25) is 5.91 Å². The first kappa shape index (κ1) is 21.3. The summed E-state index contributed by atoms with van der Waals surface area (Å²) >= 11 is 1.17. The number of nitrogens with zero attached hydrogens (tertiary/aromatic N) is 2. The number of thiazole rings is 1. The van der Waals surface area contributed by atoms with Gasteiger partial charge < -0.3 is 9.84 Å². The van der Waals surface area contributed by atoms with E-state index in [1.54, 1.807) is 29.6 Å². The van der Waals surface area contributed by atoms with Gasteiger partial charge in [0, 0.05) is 23.3 Å². The number of anilines is 2. The number of hydrogen-bond acceptors (Lipinski definition) is 7. The zero-order valence-corrected chi connectivity index (χ0v) is 18.6. The fraction of sp³-hybridized carbons (Fsp3) is 0.136. The summed E-state index contributed by atoms with van der Waals surface area (Å²) in [5, 5.41) is 8.76. The van der Waals surface area contributed by atoms with Crippen LogP contribution in [-0.2, 0) is 20.2 Å². The highest BCUT2D eigenvalue weighted by atomic mass is 32.2. The number of nitrogens with one attached hydrogen (secondary N) is 2. The molecule has 1 fully saturated rings. The number of carbonyl (C=O) groups is 1. The zero-order chi connectivity index (χ0) is 23.1. The van der Waals surface area contributed by atoms with Crippen LogP contribution in [0.1, 0.15) is 18.5 Å². The quantitative estimate of drug-likeness (QED) is 0.402. The van der Waals surface area contributed by atoms with Crippen LogP contribution in [0.25, 0.3) is 11.3 Å². The fourth-order valence-corrected chi connectivity index (χ4v) is 5.22. The summed E-state index contributed by atoms with van der Waals surface area (Å²) in [7, 11) is -3.78. The fourth-order valence-electron chi connectivity index (χ4n) is 3.43. The van der Waals surface area contributed by atoms with Crippen LogP contribution in [0.2, 0.25) is 0 Å². The Bertz CT molecular complexity index is 1410. The second kappa shape index (κ2) is 8.09. The lowest BCUT2D eigenvalue weighted by Gasteiger charge is -2.13. The van der Waals surface area contributed by atoms with Gasteiger partial charge in [0.15, 0.2) is 10.9 Å². The van der Waals surface area contributed by atoms with Gasteiger partial charge in [-0.1, -0.05) is 17.3 Å². The Morgan fingerprint density at radius 1 is 1.12 bits per heavy atom. The van der Waals surface area contributed by atoms with Gasteiger partial charge in [-0.2, -0.15) is 0 Å². The molecule has 0 saturated heterocycles. The molecule has 0 spiro atoms. The maximum absolute atomic E-state index is 14.0. The number of rotatable bonds is 7. The summed E-state index contributed by atoms with van der Waals surface area (Å²) in [6.45, 7) is 0. The van der Waals surface area contributed by atoms with E-state index >= 15 is 0 Å². The molecule has 2 N–H and O–H groups in total. The van der Waals surface area contributed by atoms with Crippen LogP contribution in [0, 0.1) is 5.82 Å². The van der Waals surface area contributed by atoms with Crippen LogP contribution < -0.4 is 10.0 Å². The van der Waals surface area contributed by atoms with Crippen molar-refractivity contribution in [2.75, 3.05) is 10.0 Å². The van der Waals surface area contributed by atoms with Gasteiger partial charge >= 0.3 is 0 Å². The molecule has 0 bridgehead atoms. The molecule has 0 aliphatic heterocycles. The summed E-state index contributed by atoms with van der Waals surface area (Å²) in [6, 6.07) is 13.6. The molecule has 11 heteroatoms. The first-order chi connectivity index (χ1) is 15.9. The van der Waals surface area contributed by atoms with E-state index in [2.05, 4.69) is 20.2 Å². The smallest absolute Gasteiger partial charge is 0.263 e. The molecule has 2 heterocycles. The molecule has 2 aromatic carbocycles. The van der Waals surface area contributed by atoms with Gasteiger partial charge in [-0.3, -0.25) is 9.52 Å². The minimum absolute atomic E-state index is 0.0443. The highest BCUT2D eigenvalue weighted by Gasteiger charge is 2.54. The lowest BCUT2D eigenvalue weighted by atomic mass is 10.00. The average molecular weight is 485 g/mol.